The topological polar surface area (TPSA) is 98.3 Å². The quantitative estimate of drug-likeness (QED) is 0.314. The lowest BCUT2D eigenvalue weighted by Crippen LogP contribution is -2.13. The van der Waals surface area contributed by atoms with Gasteiger partial charge in [0.2, 0.25) is 11.0 Å². The third-order valence-electron chi connectivity index (χ3n) is 4.21. The fraction of sp³-hybridized carbons (Fsp3) is 0.143. The number of carbonyl (C=O) groups is 1. The van der Waals surface area contributed by atoms with Crippen molar-refractivity contribution in [2.75, 3.05) is 30.6 Å². The van der Waals surface area contributed by atoms with Gasteiger partial charge < -0.3 is 20.1 Å². The van der Waals surface area contributed by atoms with Crippen molar-refractivity contribution in [2.45, 2.75) is 4.34 Å². The maximum absolute atomic E-state index is 12.3. The van der Waals surface area contributed by atoms with E-state index < -0.39 is 0 Å². The summed E-state index contributed by atoms with van der Waals surface area (Å²) in [6.07, 6.45) is 0. The van der Waals surface area contributed by atoms with Crippen LogP contribution < -0.4 is 20.1 Å². The van der Waals surface area contributed by atoms with Gasteiger partial charge in [0.15, 0.2) is 9.47 Å². The Morgan fingerprint density at radius 3 is 2.34 bits per heavy atom. The first-order chi connectivity index (χ1) is 15.6. The lowest BCUT2D eigenvalue weighted by molar-refractivity contribution is -0.113. The highest BCUT2D eigenvalue weighted by atomic mass is 32.2. The standard InChI is InChI=1S/C21H19N5O3S3/c1-28-15-7-3-13(4-8-15)17-11-30-19(23-17)24-18(27)12-31-21-26-25-20(32-21)22-14-5-9-16(29-2)10-6-14/h3-11H,12H2,1-2H3,(H,22,25)(H,23,24,27). The Labute approximate surface area is 197 Å². The summed E-state index contributed by atoms with van der Waals surface area (Å²) in [6, 6.07) is 15.1. The number of anilines is 3. The molecule has 0 aliphatic carbocycles. The van der Waals surface area contributed by atoms with Crippen LogP contribution in [0.4, 0.5) is 16.0 Å². The Morgan fingerprint density at radius 1 is 0.969 bits per heavy atom. The van der Waals surface area contributed by atoms with Gasteiger partial charge in [-0.2, -0.15) is 0 Å². The minimum Gasteiger partial charge on any atom is -0.497 e. The number of hydrogen-bond donors (Lipinski definition) is 2. The first-order valence-corrected chi connectivity index (χ1v) is 12.1. The number of rotatable bonds is 9. The average Bonchev–Trinajstić information content (AvgIpc) is 3.48. The molecule has 164 valence electrons. The zero-order valence-electron chi connectivity index (χ0n) is 17.2. The van der Waals surface area contributed by atoms with E-state index in [4.69, 9.17) is 9.47 Å². The number of thiazole rings is 1. The van der Waals surface area contributed by atoms with Gasteiger partial charge in [-0.25, -0.2) is 4.98 Å². The van der Waals surface area contributed by atoms with Crippen molar-refractivity contribution in [1.82, 2.24) is 15.2 Å². The number of methoxy groups -OCH3 is 2. The molecule has 4 rings (SSSR count). The number of carbonyl (C=O) groups excluding carboxylic acids is 1. The molecule has 0 aliphatic rings. The molecule has 0 radical (unpaired) electrons. The number of ether oxygens (including phenoxy) is 2. The summed E-state index contributed by atoms with van der Waals surface area (Å²) in [7, 11) is 3.25. The monoisotopic (exact) mass is 485 g/mol. The normalized spacial score (nSPS) is 10.6. The Kier molecular flexibility index (Phi) is 7.20. The molecule has 2 aromatic heterocycles. The van der Waals surface area contributed by atoms with Gasteiger partial charge in [-0.1, -0.05) is 23.1 Å². The van der Waals surface area contributed by atoms with Gasteiger partial charge in [0, 0.05) is 16.6 Å². The van der Waals surface area contributed by atoms with Gasteiger partial charge in [0.05, 0.1) is 25.7 Å². The van der Waals surface area contributed by atoms with Crippen LogP contribution >= 0.6 is 34.4 Å². The SMILES string of the molecule is COc1ccc(Nc2nnc(SCC(=O)Nc3nc(-c4ccc(OC)cc4)cs3)s2)cc1. The third kappa shape index (κ3) is 5.75. The van der Waals surface area contributed by atoms with Gasteiger partial charge in [0.25, 0.3) is 0 Å². The van der Waals surface area contributed by atoms with Crippen molar-refractivity contribution >= 4 is 56.3 Å². The minimum absolute atomic E-state index is 0.148. The molecule has 0 atom stereocenters. The molecule has 1 amide bonds. The Hall–Kier alpha value is -3.15. The molecule has 0 spiro atoms. The molecular formula is C21H19N5O3S3. The first-order valence-electron chi connectivity index (χ1n) is 9.40. The lowest BCUT2D eigenvalue weighted by Gasteiger charge is -2.03. The van der Waals surface area contributed by atoms with Crippen LogP contribution in [0.1, 0.15) is 0 Å². The number of nitrogens with zero attached hydrogens (tertiary/aromatic N) is 3. The van der Waals surface area contributed by atoms with Gasteiger partial charge in [-0.3, -0.25) is 4.79 Å². The summed E-state index contributed by atoms with van der Waals surface area (Å²) < 4.78 is 11.0. The number of hydrogen-bond acceptors (Lipinski definition) is 10. The number of nitrogens with one attached hydrogen (secondary N) is 2. The Morgan fingerprint density at radius 2 is 1.66 bits per heavy atom. The van der Waals surface area contributed by atoms with E-state index in [0.29, 0.717) is 14.6 Å². The highest BCUT2D eigenvalue weighted by Gasteiger charge is 2.11. The van der Waals surface area contributed by atoms with Gasteiger partial charge >= 0.3 is 0 Å². The molecule has 0 aliphatic heterocycles. The van der Waals surface area contributed by atoms with Crippen molar-refractivity contribution in [1.29, 1.82) is 0 Å². The fourth-order valence-corrected chi connectivity index (χ4v) is 4.93. The van der Waals surface area contributed by atoms with Crippen molar-refractivity contribution < 1.29 is 14.3 Å². The molecule has 2 heterocycles. The summed E-state index contributed by atoms with van der Waals surface area (Å²) in [4.78, 5) is 16.8. The van der Waals surface area contributed by atoms with Crippen LogP contribution in [0.5, 0.6) is 11.5 Å². The zero-order chi connectivity index (χ0) is 22.3. The fourth-order valence-electron chi connectivity index (χ4n) is 2.62. The van der Waals surface area contributed by atoms with Crippen LogP contribution in [-0.4, -0.2) is 41.1 Å². The Balaban J connectivity index is 1.27. The van der Waals surface area contributed by atoms with E-state index in [1.807, 2.05) is 53.9 Å². The second-order valence-corrected chi connectivity index (χ2v) is 9.39. The molecule has 0 fully saturated rings. The van der Waals surface area contributed by atoms with Gasteiger partial charge in [-0.05, 0) is 48.5 Å². The highest BCUT2D eigenvalue weighted by Crippen LogP contribution is 2.29. The largest absolute Gasteiger partial charge is 0.497 e. The maximum atomic E-state index is 12.3. The van der Waals surface area contributed by atoms with Crippen LogP contribution in [0.25, 0.3) is 11.3 Å². The summed E-state index contributed by atoms with van der Waals surface area (Å²) in [6.45, 7) is 0. The van der Waals surface area contributed by atoms with Crippen molar-refractivity contribution in [3.8, 4) is 22.8 Å². The molecule has 8 nitrogen and oxygen atoms in total. The third-order valence-corrected chi connectivity index (χ3v) is 6.94. The molecule has 0 unspecified atom stereocenters. The highest BCUT2D eigenvalue weighted by molar-refractivity contribution is 8.01. The van der Waals surface area contributed by atoms with Crippen molar-refractivity contribution in [3.63, 3.8) is 0 Å². The van der Waals surface area contributed by atoms with E-state index in [9.17, 15) is 4.79 Å². The van der Waals surface area contributed by atoms with Crippen LogP contribution in [0.3, 0.4) is 0 Å². The van der Waals surface area contributed by atoms with Crippen LogP contribution in [0.2, 0.25) is 0 Å². The van der Waals surface area contributed by atoms with Gasteiger partial charge in [-0.15, -0.1) is 21.5 Å². The van der Waals surface area contributed by atoms with Crippen LogP contribution in [0.15, 0.2) is 58.3 Å². The predicted molar refractivity (Wildman–Crippen MR) is 130 cm³/mol. The van der Waals surface area contributed by atoms with E-state index in [1.54, 1.807) is 14.2 Å². The van der Waals surface area contributed by atoms with Gasteiger partial charge in [0.1, 0.15) is 11.5 Å². The minimum atomic E-state index is -0.148. The number of amides is 1. The molecule has 4 aromatic rings. The van der Waals surface area contributed by atoms with E-state index in [1.165, 1.54) is 34.4 Å². The summed E-state index contributed by atoms with van der Waals surface area (Å²) in [5, 5.41) is 17.4. The molecule has 0 saturated carbocycles. The summed E-state index contributed by atoms with van der Waals surface area (Å²) in [5.41, 5.74) is 2.65. The summed E-state index contributed by atoms with van der Waals surface area (Å²) in [5.74, 6) is 1.64. The molecule has 0 saturated heterocycles. The molecular weight excluding hydrogens is 466 g/mol. The summed E-state index contributed by atoms with van der Waals surface area (Å²) >= 11 is 4.10. The first kappa shape index (κ1) is 22.1. The lowest BCUT2D eigenvalue weighted by atomic mass is 10.2. The zero-order valence-corrected chi connectivity index (χ0v) is 19.6. The number of aromatic nitrogens is 3. The second-order valence-electron chi connectivity index (χ2n) is 6.33. The van der Waals surface area contributed by atoms with E-state index in [-0.39, 0.29) is 11.7 Å². The molecule has 0 bridgehead atoms. The molecule has 32 heavy (non-hydrogen) atoms. The van der Waals surface area contributed by atoms with E-state index in [0.717, 1.165) is 28.4 Å². The van der Waals surface area contributed by atoms with Crippen molar-refractivity contribution in [2.24, 2.45) is 0 Å². The average molecular weight is 486 g/mol. The van der Waals surface area contributed by atoms with Crippen LogP contribution in [0, 0.1) is 0 Å². The molecule has 11 heteroatoms. The second kappa shape index (κ2) is 10.4. The van der Waals surface area contributed by atoms with Crippen LogP contribution in [-0.2, 0) is 4.79 Å². The number of thioether (sulfide) groups is 1. The van der Waals surface area contributed by atoms with Crippen molar-refractivity contribution in [3.05, 3.63) is 53.9 Å². The number of benzene rings is 2. The molecule has 2 aromatic carbocycles. The smallest absolute Gasteiger partial charge is 0.236 e. The Bertz CT molecular complexity index is 1180. The van der Waals surface area contributed by atoms with E-state index in [2.05, 4.69) is 25.8 Å². The maximum Gasteiger partial charge on any atom is 0.236 e. The predicted octanol–water partition coefficient (Wildman–Crippen LogP) is 5.15. The van der Waals surface area contributed by atoms with E-state index >= 15 is 0 Å². The molecule has 2 N–H and O–H groups in total.